The van der Waals surface area contributed by atoms with Gasteiger partial charge < -0.3 is 4.90 Å². The van der Waals surface area contributed by atoms with Gasteiger partial charge in [0.2, 0.25) is 5.95 Å². The summed E-state index contributed by atoms with van der Waals surface area (Å²) in [6.45, 7) is 5.49. The molecule has 4 nitrogen and oxygen atoms in total. The van der Waals surface area contributed by atoms with Crippen LogP contribution in [0.1, 0.15) is 58.4 Å². The van der Waals surface area contributed by atoms with Gasteiger partial charge in [-0.3, -0.25) is 4.57 Å². The summed E-state index contributed by atoms with van der Waals surface area (Å²) < 4.78 is 2.93. The Labute approximate surface area is 120 Å². The van der Waals surface area contributed by atoms with E-state index in [1.807, 2.05) is 0 Å². The van der Waals surface area contributed by atoms with E-state index in [0.29, 0.717) is 12.1 Å². The summed E-state index contributed by atoms with van der Waals surface area (Å²) in [5, 5.41) is 7.51. The molecule has 1 aromatic heterocycles. The average molecular weight is 280 g/mol. The van der Waals surface area contributed by atoms with Crippen LogP contribution in [-0.2, 0) is 0 Å². The molecule has 0 amide bonds. The molecule has 1 N–H and O–H groups in total. The van der Waals surface area contributed by atoms with Crippen molar-refractivity contribution in [2.24, 2.45) is 5.92 Å². The van der Waals surface area contributed by atoms with Crippen LogP contribution in [-0.4, -0.2) is 27.4 Å². The van der Waals surface area contributed by atoms with Crippen molar-refractivity contribution in [1.29, 1.82) is 0 Å². The zero-order valence-electron chi connectivity index (χ0n) is 11.9. The molecule has 2 atom stereocenters. The normalized spacial score (nSPS) is 27.6. The van der Waals surface area contributed by atoms with Crippen molar-refractivity contribution in [3.8, 4) is 0 Å². The zero-order valence-corrected chi connectivity index (χ0v) is 12.7. The molecule has 2 aliphatic rings. The fourth-order valence-electron chi connectivity index (χ4n) is 3.84. The second kappa shape index (κ2) is 5.27. The van der Waals surface area contributed by atoms with Gasteiger partial charge in [-0.2, -0.15) is 0 Å². The number of H-pyrrole nitrogens is 1. The summed E-state index contributed by atoms with van der Waals surface area (Å²) in [7, 11) is 0. The van der Waals surface area contributed by atoms with Crippen LogP contribution in [0.2, 0.25) is 0 Å². The summed E-state index contributed by atoms with van der Waals surface area (Å²) >= 11 is 5.38. The highest BCUT2D eigenvalue weighted by atomic mass is 32.1. The maximum atomic E-state index is 5.38. The lowest BCUT2D eigenvalue weighted by molar-refractivity contribution is 0.239. The van der Waals surface area contributed by atoms with Crippen molar-refractivity contribution in [1.82, 2.24) is 14.8 Å². The van der Waals surface area contributed by atoms with Crippen LogP contribution >= 0.6 is 12.2 Å². The first-order valence-corrected chi connectivity index (χ1v) is 8.03. The number of nitrogens with one attached hydrogen (secondary N) is 1. The van der Waals surface area contributed by atoms with Gasteiger partial charge in [0.15, 0.2) is 4.77 Å². The Morgan fingerprint density at radius 2 is 1.95 bits per heavy atom. The van der Waals surface area contributed by atoms with Crippen LogP contribution in [0, 0.1) is 10.7 Å². The van der Waals surface area contributed by atoms with Crippen molar-refractivity contribution in [2.45, 2.75) is 64.5 Å². The highest BCUT2D eigenvalue weighted by molar-refractivity contribution is 7.71. The summed E-state index contributed by atoms with van der Waals surface area (Å²) in [6, 6.07) is 1.05. The minimum absolute atomic E-state index is 0.366. The van der Waals surface area contributed by atoms with E-state index in [1.165, 1.54) is 38.5 Å². The molecule has 106 valence electrons. The third-order valence-corrected chi connectivity index (χ3v) is 4.99. The van der Waals surface area contributed by atoms with Crippen molar-refractivity contribution >= 4 is 18.2 Å². The monoisotopic (exact) mass is 280 g/mol. The predicted octanol–water partition coefficient (Wildman–Crippen LogP) is 3.68. The molecular formula is C14H24N4S. The second-order valence-corrected chi connectivity index (χ2v) is 6.63. The number of hydrogen-bond acceptors (Lipinski definition) is 3. The van der Waals surface area contributed by atoms with E-state index in [1.54, 1.807) is 0 Å². The van der Waals surface area contributed by atoms with Gasteiger partial charge in [0.25, 0.3) is 0 Å². The number of rotatable bonds is 2. The first-order valence-electron chi connectivity index (χ1n) is 7.62. The minimum Gasteiger partial charge on any atom is -0.338 e. The molecule has 2 unspecified atom stereocenters. The van der Waals surface area contributed by atoms with Crippen LogP contribution in [0.3, 0.4) is 0 Å². The van der Waals surface area contributed by atoms with Crippen LogP contribution in [0.5, 0.6) is 0 Å². The Morgan fingerprint density at radius 1 is 1.21 bits per heavy atom. The summed E-state index contributed by atoms with van der Waals surface area (Å²) in [5.74, 6) is 1.94. The molecule has 1 saturated heterocycles. The zero-order chi connectivity index (χ0) is 13.4. The quantitative estimate of drug-likeness (QED) is 0.840. The molecule has 5 heteroatoms. The molecule has 3 rings (SSSR count). The summed E-state index contributed by atoms with van der Waals surface area (Å²) in [5.41, 5.74) is 0. The van der Waals surface area contributed by atoms with Crippen LogP contribution in [0.15, 0.2) is 0 Å². The van der Waals surface area contributed by atoms with Crippen molar-refractivity contribution in [3.63, 3.8) is 0 Å². The Hall–Kier alpha value is -0.840. The molecule has 0 bridgehead atoms. The Morgan fingerprint density at radius 3 is 2.74 bits per heavy atom. The van der Waals surface area contributed by atoms with Gasteiger partial charge in [-0.25, -0.2) is 5.10 Å². The fraction of sp³-hybridized carbons (Fsp3) is 0.857. The lowest BCUT2D eigenvalue weighted by atomic mass is 9.78. The van der Waals surface area contributed by atoms with Crippen LogP contribution < -0.4 is 4.90 Å². The van der Waals surface area contributed by atoms with Crippen molar-refractivity contribution in [3.05, 3.63) is 4.77 Å². The molecule has 1 aromatic rings. The van der Waals surface area contributed by atoms with E-state index in [2.05, 4.69) is 33.5 Å². The molecule has 0 spiro atoms. The van der Waals surface area contributed by atoms with Crippen LogP contribution in [0.25, 0.3) is 0 Å². The van der Waals surface area contributed by atoms with Gasteiger partial charge in [0.05, 0.1) is 0 Å². The maximum Gasteiger partial charge on any atom is 0.226 e. The SMILES string of the molecule is CC(C)n1c(N2CCCC3CCCCC32)n[nH]c1=S. The maximum absolute atomic E-state index is 5.38. The van der Waals surface area contributed by atoms with Gasteiger partial charge in [-0.05, 0) is 57.7 Å². The Bertz CT molecular complexity index is 488. The first kappa shape index (κ1) is 13.2. The number of piperidine rings is 1. The van der Waals surface area contributed by atoms with Crippen molar-refractivity contribution < 1.29 is 0 Å². The lowest BCUT2D eigenvalue weighted by Crippen LogP contribution is -2.48. The number of aromatic nitrogens is 3. The third kappa shape index (κ3) is 2.33. The summed E-state index contributed by atoms with van der Waals surface area (Å²) in [6.07, 6.45) is 8.18. The second-order valence-electron chi connectivity index (χ2n) is 6.24. The molecule has 0 radical (unpaired) electrons. The van der Waals surface area contributed by atoms with Gasteiger partial charge in [-0.15, -0.1) is 5.10 Å². The average Bonchev–Trinajstić information content (AvgIpc) is 2.80. The smallest absolute Gasteiger partial charge is 0.226 e. The molecule has 19 heavy (non-hydrogen) atoms. The van der Waals surface area contributed by atoms with Gasteiger partial charge >= 0.3 is 0 Å². The van der Waals surface area contributed by atoms with Gasteiger partial charge in [0, 0.05) is 18.6 Å². The molecular weight excluding hydrogens is 256 g/mol. The molecule has 2 heterocycles. The molecule has 0 aromatic carbocycles. The standard InChI is InChI=1S/C14H24N4S/c1-10(2)18-13(15-16-14(18)19)17-9-5-7-11-6-3-4-8-12(11)17/h10-12H,3-9H2,1-2H3,(H,16,19). The van der Waals surface area contributed by atoms with Gasteiger partial charge in [0.1, 0.15) is 0 Å². The van der Waals surface area contributed by atoms with E-state index < -0.39 is 0 Å². The van der Waals surface area contributed by atoms with Gasteiger partial charge in [-0.1, -0.05) is 12.8 Å². The van der Waals surface area contributed by atoms with E-state index in [-0.39, 0.29) is 0 Å². The topological polar surface area (TPSA) is 36.9 Å². The predicted molar refractivity (Wildman–Crippen MR) is 80.1 cm³/mol. The third-order valence-electron chi connectivity index (χ3n) is 4.70. The Kier molecular flexibility index (Phi) is 3.65. The van der Waals surface area contributed by atoms with E-state index >= 15 is 0 Å². The Balaban J connectivity index is 1.94. The minimum atomic E-state index is 0.366. The molecule has 1 saturated carbocycles. The lowest BCUT2D eigenvalue weighted by Gasteiger charge is -2.44. The van der Waals surface area contributed by atoms with E-state index in [9.17, 15) is 0 Å². The molecule has 1 aliphatic heterocycles. The highest BCUT2D eigenvalue weighted by Gasteiger charge is 2.35. The van der Waals surface area contributed by atoms with E-state index in [0.717, 1.165) is 23.2 Å². The number of aromatic amines is 1. The number of nitrogens with zero attached hydrogens (tertiary/aromatic N) is 3. The summed E-state index contributed by atoms with van der Waals surface area (Å²) in [4.78, 5) is 2.53. The largest absolute Gasteiger partial charge is 0.338 e. The van der Waals surface area contributed by atoms with E-state index in [4.69, 9.17) is 12.2 Å². The number of hydrogen-bond donors (Lipinski definition) is 1. The fourth-order valence-corrected chi connectivity index (χ4v) is 4.18. The molecule has 2 fully saturated rings. The highest BCUT2D eigenvalue weighted by Crippen LogP contribution is 2.37. The van der Waals surface area contributed by atoms with Crippen molar-refractivity contribution in [2.75, 3.05) is 11.4 Å². The number of anilines is 1. The number of fused-ring (bicyclic) bond motifs is 1. The molecule has 1 aliphatic carbocycles. The first-order chi connectivity index (χ1) is 9.18. The van der Waals surface area contributed by atoms with Crippen LogP contribution in [0.4, 0.5) is 5.95 Å².